The first-order valence-electron chi connectivity index (χ1n) is 6.98. The molecule has 7 nitrogen and oxygen atoms in total. The van der Waals surface area contributed by atoms with E-state index in [1.807, 2.05) is 0 Å². The second kappa shape index (κ2) is 6.92. The number of carboxylic acid groups (broad SMARTS) is 1. The smallest absolute Gasteiger partial charge is 0.409 e. The fourth-order valence-corrected chi connectivity index (χ4v) is 2.33. The summed E-state index contributed by atoms with van der Waals surface area (Å²) >= 11 is 0. The number of piperidine rings is 1. The Balaban J connectivity index is 1.92. The molecule has 0 spiro atoms. The predicted octanol–water partition coefficient (Wildman–Crippen LogP) is 1.81. The molecule has 0 saturated carbocycles. The molecule has 0 radical (unpaired) electrons. The highest BCUT2D eigenvalue weighted by atomic mass is 16.6. The van der Waals surface area contributed by atoms with E-state index in [1.165, 1.54) is 6.20 Å². The molecule has 0 aliphatic carbocycles. The van der Waals surface area contributed by atoms with E-state index >= 15 is 0 Å². The number of aromatic nitrogens is 1. The van der Waals surface area contributed by atoms with Crippen LogP contribution in [0.15, 0.2) is 18.3 Å². The summed E-state index contributed by atoms with van der Waals surface area (Å²) in [5.41, 5.74) is 0.532. The van der Waals surface area contributed by atoms with E-state index < -0.39 is 5.97 Å². The van der Waals surface area contributed by atoms with Gasteiger partial charge in [-0.05, 0) is 31.9 Å². The monoisotopic (exact) mass is 293 g/mol. The molecule has 0 aromatic carbocycles. The van der Waals surface area contributed by atoms with Crippen molar-refractivity contribution in [3.63, 3.8) is 0 Å². The van der Waals surface area contributed by atoms with Crippen molar-refractivity contribution in [3.8, 4) is 0 Å². The first-order valence-corrected chi connectivity index (χ1v) is 6.98. The van der Waals surface area contributed by atoms with Crippen LogP contribution in [0.1, 0.15) is 30.3 Å². The molecule has 1 aromatic heterocycles. The number of nitrogens with one attached hydrogen (secondary N) is 1. The molecule has 1 aromatic rings. The summed E-state index contributed by atoms with van der Waals surface area (Å²) < 4.78 is 4.96. The fourth-order valence-electron chi connectivity index (χ4n) is 2.33. The Morgan fingerprint density at radius 1 is 1.48 bits per heavy atom. The van der Waals surface area contributed by atoms with Gasteiger partial charge in [0, 0.05) is 25.3 Å². The average Bonchev–Trinajstić information content (AvgIpc) is 2.48. The zero-order valence-corrected chi connectivity index (χ0v) is 11.9. The van der Waals surface area contributed by atoms with Crippen LogP contribution in [0, 0.1) is 0 Å². The third-order valence-corrected chi connectivity index (χ3v) is 3.39. The maximum atomic E-state index is 11.6. The van der Waals surface area contributed by atoms with Crippen molar-refractivity contribution >= 4 is 17.7 Å². The van der Waals surface area contributed by atoms with Gasteiger partial charge in [-0.15, -0.1) is 0 Å². The Morgan fingerprint density at radius 3 is 2.81 bits per heavy atom. The third kappa shape index (κ3) is 3.84. The second-order valence-electron chi connectivity index (χ2n) is 4.81. The number of hydrogen-bond donors (Lipinski definition) is 2. The molecule has 1 fully saturated rings. The van der Waals surface area contributed by atoms with Gasteiger partial charge in [0.2, 0.25) is 0 Å². The molecule has 21 heavy (non-hydrogen) atoms. The Morgan fingerprint density at radius 2 is 2.19 bits per heavy atom. The van der Waals surface area contributed by atoms with Gasteiger partial charge in [-0.2, -0.15) is 0 Å². The Bertz CT molecular complexity index is 513. The number of aromatic carboxylic acids is 1. The Hall–Kier alpha value is -2.31. The highest BCUT2D eigenvalue weighted by molar-refractivity contribution is 5.91. The van der Waals surface area contributed by atoms with E-state index in [0.717, 1.165) is 12.8 Å². The van der Waals surface area contributed by atoms with Crippen LogP contribution in [0.3, 0.4) is 0 Å². The lowest BCUT2D eigenvalue weighted by Crippen LogP contribution is -2.42. The summed E-state index contributed by atoms with van der Waals surface area (Å²) in [5, 5.41) is 12.3. The van der Waals surface area contributed by atoms with Crippen molar-refractivity contribution in [2.45, 2.75) is 25.8 Å². The molecule has 1 amide bonds. The van der Waals surface area contributed by atoms with Crippen molar-refractivity contribution in [2.24, 2.45) is 0 Å². The number of anilines is 1. The van der Waals surface area contributed by atoms with Gasteiger partial charge in [0.1, 0.15) is 0 Å². The minimum Gasteiger partial charge on any atom is -0.476 e. The largest absolute Gasteiger partial charge is 0.476 e. The number of ether oxygens (including phenoxy) is 1. The molecule has 2 rings (SSSR count). The average molecular weight is 293 g/mol. The van der Waals surface area contributed by atoms with Crippen molar-refractivity contribution in [2.75, 3.05) is 25.0 Å². The van der Waals surface area contributed by atoms with Gasteiger partial charge in [0.05, 0.1) is 12.3 Å². The third-order valence-electron chi connectivity index (χ3n) is 3.39. The van der Waals surface area contributed by atoms with Gasteiger partial charge in [0.15, 0.2) is 5.69 Å². The quantitative estimate of drug-likeness (QED) is 0.879. The molecule has 1 saturated heterocycles. The van der Waals surface area contributed by atoms with Crippen molar-refractivity contribution in [1.82, 2.24) is 9.88 Å². The van der Waals surface area contributed by atoms with E-state index in [-0.39, 0.29) is 17.8 Å². The normalized spacial score (nSPS) is 15.6. The van der Waals surface area contributed by atoms with Crippen molar-refractivity contribution < 1.29 is 19.4 Å². The van der Waals surface area contributed by atoms with Gasteiger partial charge in [0.25, 0.3) is 0 Å². The number of hydrogen-bond acceptors (Lipinski definition) is 5. The summed E-state index contributed by atoms with van der Waals surface area (Å²) in [6.45, 7) is 3.34. The highest BCUT2D eigenvalue weighted by Gasteiger charge is 2.24. The fraction of sp³-hybridized carbons (Fsp3) is 0.500. The minimum atomic E-state index is -1.05. The molecule has 114 valence electrons. The molecule has 0 bridgehead atoms. The zero-order chi connectivity index (χ0) is 15.2. The summed E-state index contributed by atoms with van der Waals surface area (Å²) in [4.78, 5) is 28.2. The second-order valence-corrected chi connectivity index (χ2v) is 4.81. The summed E-state index contributed by atoms with van der Waals surface area (Å²) in [6, 6.07) is 3.52. The van der Waals surface area contributed by atoms with E-state index in [2.05, 4.69) is 10.3 Å². The number of nitrogens with zero attached hydrogens (tertiary/aromatic N) is 2. The first-order chi connectivity index (χ1) is 10.1. The number of carboxylic acids is 1. The molecular formula is C14H19N3O4. The van der Waals surface area contributed by atoms with Crippen LogP contribution in [0.2, 0.25) is 0 Å². The lowest BCUT2D eigenvalue weighted by atomic mass is 10.0. The summed E-state index contributed by atoms with van der Waals surface area (Å²) in [5.74, 6) is -1.05. The molecule has 1 aliphatic rings. The molecule has 0 atom stereocenters. The molecule has 7 heteroatoms. The van der Waals surface area contributed by atoms with Crippen LogP contribution < -0.4 is 5.32 Å². The van der Waals surface area contributed by atoms with E-state index in [1.54, 1.807) is 24.0 Å². The van der Waals surface area contributed by atoms with Gasteiger partial charge < -0.3 is 20.1 Å². The number of pyridine rings is 1. The maximum absolute atomic E-state index is 11.6. The molecule has 1 aliphatic heterocycles. The van der Waals surface area contributed by atoms with Crippen LogP contribution in [0.4, 0.5) is 10.5 Å². The standard InChI is InChI=1S/C14H19N3O4/c1-2-21-14(20)17-8-5-10(6-9-17)16-11-4-3-7-15-12(11)13(18)19/h3-4,7,10,16H,2,5-6,8-9H2,1H3,(H,18,19). The van der Waals surface area contributed by atoms with Gasteiger partial charge in [-0.1, -0.05) is 0 Å². The number of rotatable bonds is 4. The molecule has 0 unspecified atom stereocenters. The lowest BCUT2D eigenvalue weighted by molar-refractivity contribution is 0.0691. The maximum Gasteiger partial charge on any atom is 0.409 e. The van der Waals surface area contributed by atoms with E-state index in [0.29, 0.717) is 25.4 Å². The zero-order valence-electron chi connectivity index (χ0n) is 11.9. The number of amides is 1. The lowest BCUT2D eigenvalue weighted by Gasteiger charge is -2.32. The van der Waals surface area contributed by atoms with Crippen LogP contribution in [0.25, 0.3) is 0 Å². The SMILES string of the molecule is CCOC(=O)N1CCC(Nc2cccnc2C(=O)O)CC1. The van der Waals surface area contributed by atoms with Crippen LogP contribution in [0.5, 0.6) is 0 Å². The Labute approximate surface area is 122 Å². The van der Waals surface area contributed by atoms with Crippen LogP contribution in [-0.4, -0.2) is 52.8 Å². The Kier molecular flexibility index (Phi) is 4.97. The van der Waals surface area contributed by atoms with Gasteiger partial charge in [-0.3, -0.25) is 0 Å². The van der Waals surface area contributed by atoms with Crippen molar-refractivity contribution in [1.29, 1.82) is 0 Å². The number of carbonyl (C=O) groups is 2. The highest BCUT2D eigenvalue weighted by Crippen LogP contribution is 2.19. The molecule has 2 heterocycles. The van der Waals surface area contributed by atoms with Crippen LogP contribution >= 0.6 is 0 Å². The summed E-state index contributed by atoms with van der Waals surface area (Å²) in [7, 11) is 0. The number of likely N-dealkylation sites (tertiary alicyclic amines) is 1. The van der Waals surface area contributed by atoms with E-state index in [4.69, 9.17) is 9.84 Å². The van der Waals surface area contributed by atoms with Gasteiger partial charge >= 0.3 is 12.1 Å². The topological polar surface area (TPSA) is 91.8 Å². The first kappa shape index (κ1) is 15.1. The van der Waals surface area contributed by atoms with Crippen molar-refractivity contribution in [3.05, 3.63) is 24.0 Å². The summed E-state index contributed by atoms with van der Waals surface area (Å²) in [6.07, 6.45) is 2.65. The van der Waals surface area contributed by atoms with Gasteiger partial charge in [-0.25, -0.2) is 14.6 Å². The minimum absolute atomic E-state index is 0.0188. The molecule has 2 N–H and O–H groups in total. The number of carbonyl (C=O) groups excluding carboxylic acids is 1. The van der Waals surface area contributed by atoms with E-state index in [9.17, 15) is 9.59 Å². The van der Waals surface area contributed by atoms with Crippen LogP contribution in [-0.2, 0) is 4.74 Å². The predicted molar refractivity (Wildman–Crippen MR) is 76.4 cm³/mol. The molecular weight excluding hydrogens is 274 g/mol.